The monoisotopic (exact) mass is 406 g/mol. The van der Waals surface area contributed by atoms with Gasteiger partial charge in [0.1, 0.15) is 5.82 Å². The summed E-state index contributed by atoms with van der Waals surface area (Å²) in [4.78, 5) is 39.5. The van der Waals surface area contributed by atoms with Crippen LogP contribution in [0.4, 0.5) is 10.1 Å². The molecule has 4 rings (SSSR count). The first-order valence-corrected chi connectivity index (χ1v) is 10.0. The molecule has 0 aromatic heterocycles. The number of aryl methyl sites for hydroxylation is 1. The van der Waals surface area contributed by atoms with Crippen molar-refractivity contribution in [2.24, 2.45) is 11.7 Å². The van der Waals surface area contributed by atoms with Crippen molar-refractivity contribution in [2.75, 3.05) is 4.90 Å². The van der Waals surface area contributed by atoms with Gasteiger partial charge >= 0.3 is 0 Å². The van der Waals surface area contributed by atoms with E-state index in [2.05, 4.69) is 0 Å². The molecule has 2 unspecified atom stereocenters. The lowest BCUT2D eigenvalue weighted by Gasteiger charge is -2.40. The zero-order chi connectivity index (χ0) is 21.4. The minimum atomic E-state index is -0.645. The second-order valence-corrected chi connectivity index (χ2v) is 8.09. The zero-order valence-corrected chi connectivity index (χ0v) is 16.7. The number of benzene rings is 2. The molecule has 2 amide bonds. The fourth-order valence-corrected chi connectivity index (χ4v) is 4.39. The molecule has 0 radical (unpaired) electrons. The smallest absolute Gasteiger partial charge is 0.235 e. The number of ketones is 1. The lowest BCUT2D eigenvalue weighted by atomic mass is 9.76. The summed E-state index contributed by atoms with van der Waals surface area (Å²) < 4.78 is 13.3. The molecular weight excluding hydrogens is 383 g/mol. The van der Waals surface area contributed by atoms with Crippen molar-refractivity contribution in [1.29, 1.82) is 0 Å². The second kappa shape index (κ2) is 7.86. The van der Waals surface area contributed by atoms with Crippen molar-refractivity contribution < 1.29 is 18.8 Å². The average molecular weight is 406 g/mol. The van der Waals surface area contributed by atoms with Gasteiger partial charge in [-0.2, -0.15) is 0 Å². The number of amides is 2. The number of hydrogen-bond donors (Lipinski definition) is 1. The zero-order valence-electron chi connectivity index (χ0n) is 16.7. The van der Waals surface area contributed by atoms with Crippen LogP contribution in [0.25, 0.3) is 0 Å². The Morgan fingerprint density at radius 2 is 1.70 bits per heavy atom. The number of allylic oxidation sites excluding steroid dienone is 2. The lowest BCUT2D eigenvalue weighted by molar-refractivity contribution is -0.128. The Bertz CT molecular complexity index is 1040. The van der Waals surface area contributed by atoms with Crippen LogP contribution in [0.1, 0.15) is 42.7 Å². The van der Waals surface area contributed by atoms with Gasteiger partial charge in [0, 0.05) is 29.8 Å². The summed E-state index contributed by atoms with van der Waals surface area (Å²) in [5.74, 6) is -1.93. The molecule has 1 heterocycles. The highest BCUT2D eigenvalue weighted by Crippen LogP contribution is 2.43. The molecule has 1 aliphatic heterocycles. The van der Waals surface area contributed by atoms with Crippen LogP contribution >= 0.6 is 0 Å². The fourth-order valence-electron chi connectivity index (χ4n) is 4.39. The van der Waals surface area contributed by atoms with E-state index in [1.165, 1.54) is 12.1 Å². The number of anilines is 1. The van der Waals surface area contributed by atoms with Crippen LogP contribution in [0, 0.1) is 18.7 Å². The van der Waals surface area contributed by atoms with Crippen LogP contribution in [0.15, 0.2) is 59.8 Å². The van der Waals surface area contributed by atoms with Gasteiger partial charge in [-0.15, -0.1) is 0 Å². The number of primary amides is 1. The number of rotatable bonds is 4. The van der Waals surface area contributed by atoms with Gasteiger partial charge in [0.15, 0.2) is 5.78 Å². The van der Waals surface area contributed by atoms with E-state index in [4.69, 9.17) is 5.73 Å². The Kier molecular flexibility index (Phi) is 5.24. The lowest BCUT2D eigenvalue weighted by Crippen LogP contribution is -2.44. The Hall–Kier alpha value is -3.28. The SMILES string of the molecule is Cc1ccc(N2C(=O)C(CC(N)=O)CC3=C2CC(c2ccc(F)cc2)CC3=O)cc1. The van der Waals surface area contributed by atoms with Crippen LogP contribution < -0.4 is 10.6 Å². The van der Waals surface area contributed by atoms with Gasteiger partial charge < -0.3 is 5.73 Å². The minimum Gasteiger partial charge on any atom is -0.370 e. The Morgan fingerprint density at radius 3 is 2.33 bits per heavy atom. The van der Waals surface area contributed by atoms with Crippen molar-refractivity contribution in [3.05, 3.63) is 76.7 Å². The predicted molar refractivity (Wildman–Crippen MR) is 111 cm³/mol. The topological polar surface area (TPSA) is 80.5 Å². The van der Waals surface area contributed by atoms with Gasteiger partial charge in [-0.3, -0.25) is 19.3 Å². The van der Waals surface area contributed by atoms with Crippen LogP contribution in [0.2, 0.25) is 0 Å². The summed E-state index contributed by atoms with van der Waals surface area (Å²) >= 11 is 0. The third-order valence-electron chi connectivity index (χ3n) is 5.93. The first-order valence-electron chi connectivity index (χ1n) is 10.0. The van der Waals surface area contributed by atoms with Crippen molar-refractivity contribution in [3.8, 4) is 0 Å². The van der Waals surface area contributed by atoms with E-state index < -0.39 is 11.8 Å². The molecule has 5 nitrogen and oxygen atoms in total. The third kappa shape index (κ3) is 3.77. The Morgan fingerprint density at radius 1 is 1.03 bits per heavy atom. The van der Waals surface area contributed by atoms with E-state index in [0.29, 0.717) is 29.8 Å². The number of nitrogens with two attached hydrogens (primary N) is 1. The van der Waals surface area contributed by atoms with Gasteiger partial charge in [0.2, 0.25) is 11.8 Å². The molecule has 0 saturated heterocycles. The van der Waals surface area contributed by atoms with Gasteiger partial charge in [0.25, 0.3) is 0 Å². The predicted octanol–water partition coefficient (Wildman–Crippen LogP) is 3.76. The number of nitrogens with zero attached hydrogens (tertiary/aromatic N) is 1. The van der Waals surface area contributed by atoms with Gasteiger partial charge in [-0.05, 0) is 55.5 Å². The highest BCUT2D eigenvalue weighted by molar-refractivity contribution is 6.08. The number of Topliss-reactive ketones (excluding diaryl/α,β-unsaturated/α-hetero) is 1. The quantitative estimate of drug-likeness (QED) is 0.839. The van der Waals surface area contributed by atoms with E-state index in [1.54, 1.807) is 17.0 Å². The van der Waals surface area contributed by atoms with E-state index >= 15 is 0 Å². The Labute approximate surface area is 174 Å². The van der Waals surface area contributed by atoms with E-state index in [-0.39, 0.29) is 36.3 Å². The van der Waals surface area contributed by atoms with Crippen molar-refractivity contribution in [3.63, 3.8) is 0 Å². The first kappa shape index (κ1) is 20.0. The standard InChI is InChI=1S/C24H23FN2O3/c1-14-2-8-19(9-3-14)27-21-11-16(15-4-6-18(25)7-5-15)12-22(28)20(21)10-17(24(27)30)13-23(26)29/h2-9,16-17H,10-13H2,1H3,(H2,26,29). The molecule has 0 spiro atoms. The number of carbonyl (C=O) groups is 3. The van der Waals surface area contributed by atoms with Crippen LogP contribution in [-0.2, 0) is 14.4 Å². The summed E-state index contributed by atoms with van der Waals surface area (Å²) in [5, 5.41) is 0. The molecule has 2 aromatic carbocycles. The highest BCUT2D eigenvalue weighted by Gasteiger charge is 2.42. The number of hydrogen-bond acceptors (Lipinski definition) is 3. The fraction of sp³-hybridized carbons (Fsp3) is 0.292. The molecule has 2 N–H and O–H groups in total. The summed E-state index contributed by atoms with van der Waals surface area (Å²) in [6, 6.07) is 13.6. The number of halogens is 1. The van der Waals surface area contributed by atoms with Gasteiger partial charge in [-0.25, -0.2) is 4.39 Å². The maximum atomic E-state index is 13.3. The first-order chi connectivity index (χ1) is 14.3. The summed E-state index contributed by atoms with van der Waals surface area (Å²) in [6.45, 7) is 1.96. The maximum absolute atomic E-state index is 13.3. The average Bonchev–Trinajstić information content (AvgIpc) is 2.70. The maximum Gasteiger partial charge on any atom is 0.235 e. The van der Waals surface area contributed by atoms with E-state index in [9.17, 15) is 18.8 Å². The van der Waals surface area contributed by atoms with Gasteiger partial charge in [-0.1, -0.05) is 29.8 Å². The van der Waals surface area contributed by atoms with Crippen LogP contribution in [0.5, 0.6) is 0 Å². The molecule has 0 fully saturated rings. The molecular formula is C24H23FN2O3. The molecule has 30 heavy (non-hydrogen) atoms. The molecule has 0 bridgehead atoms. The van der Waals surface area contributed by atoms with E-state index in [1.807, 2.05) is 31.2 Å². The van der Waals surface area contributed by atoms with Crippen LogP contribution in [-0.4, -0.2) is 17.6 Å². The van der Waals surface area contributed by atoms with Crippen molar-refractivity contribution in [1.82, 2.24) is 0 Å². The number of carbonyl (C=O) groups excluding carboxylic acids is 3. The molecule has 154 valence electrons. The summed E-state index contributed by atoms with van der Waals surface area (Å²) in [5.41, 5.74) is 9.22. The molecule has 2 atom stereocenters. The molecule has 2 aliphatic rings. The summed E-state index contributed by atoms with van der Waals surface area (Å²) in [6.07, 6.45) is 0.931. The largest absolute Gasteiger partial charge is 0.370 e. The molecule has 2 aromatic rings. The normalized spacial score (nSPS) is 21.6. The van der Waals surface area contributed by atoms with Crippen LogP contribution in [0.3, 0.4) is 0 Å². The molecule has 1 aliphatic carbocycles. The van der Waals surface area contributed by atoms with Gasteiger partial charge in [0.05, 0.1) is 5.92 Å². The van der Waals surface area contributed by atoms with Crippen molar-refractivity contribution >= 4 is 23.3 Å². The minimum absolute atomic E-state index is 0.0374. The second-order valence-electron chi connectivity index (χ2n) is 8.09. The van der Waals surface area contributed by atoms with Crippen molar-refractivity contribution in [2.45, 2.75) is 38.5 Å². The van der Waals surface area contributed by atoms with E-state index in [0.717, 1.165) is 11.1 Å². The third-order valence-corrected chi connectivity index (χ3v) is 5.93. The highest BCUT2D eigenvalue weighted by atomic mass is 19.1. The molecule has 0 saturated carbocycles. The molecule has 6 heteroatoms. The Balaban J connectivity index is 1.77. The summed E-state index contributed by atoms with van der Waals surface area (Å²) in [7, 11) is 0.